The SMILES string of the molecule is CC(C)CCNC(=O)C1=NN(c2ccccc2)C(=O)CC1. The quantitative estimate of drug-likeness (QED) is 0.903. The summed E-state index contributed by atoms with van der Waals surface area (Å²) in [5, 5.41) is 8.40. The Balaban J connectivity index is 2.06. The highest BCUT2D eigenvalue weighted by atomic mass is 16.2. The van der Waals surface area contributed by atoms with E-state index in [1.165, 1.54) is 5.01 Å². The van der Waals surface area contributed by atoms with Crippen LogP contribution in [0.2, 0.25) is 0 Å². The number of rotatable bonds is 5. The van der Waals surface area contributed by atoms with Crippen molar-refractivity contribution in [3.63, 3.8) is 0 Å². The van der Waals surface area contributed by atoms with E-state index in [0.29, 0.717) is 36.7 Å². The van der Waals surface area contributed by atoms with Crippen LogP contribution in [0, 0.1) is 5.92 Å². The van der Waals surface area contributed by atoms with E-state index in [-0.39, 0.29) is 11.8 Å². The van der Waals surface area contributed by atoms with Crippen LogP contribution in [0.15, 0.2) is 35.4 Å². The molecule has 0 unspecified atom stereocenters. The molecule has 0 atom stereocenters. The van der Waals surface area contributed by atoms with Gasteiger partial charge in [0.15, 0.2) is 0 Å². The average Bonchev–Trinajstić information content (AvgIpc) is 2.48. The van der Waals surface area contributed by atoms with Crippen molar-refractivity contribution in [3.05, 3.63) is 30.3 Å². The number of nitrogens with one attached hydrogen (secondary N) is 1. The molecule has 0 bridgehead atoms. The fourth-order valence-corrected chi connectivity index (χ4v) is 2.06. The van der Waals surface area contributed by atoms with Gasteiger partial charge in [0.2, 0.25) is 5.91 Å². The van der Waals surface area contributed by atoms with E-state index in [1.807, 2.05) is 18.2 Å². The van der Waals surface area contributed by atoms with Gasteiger partial charge in [-0.05, 0) is 24.5 Å². The summed E-state index contributed by atoms with van der Waals surface area (Å²) in [6, 6.07) is 9.17. The molecule has 2 amide bonds. The molecule has 112 valence electrons. The highest BCUT2D eigenvalue weighted by Crippen LogP contribution is 2.19. The summed E-state index contributed by atoms with van der Waals surface area (Å²) < 4.78 is 0. The molecule has 1 aromatic rings. The minimum absolute atomic E-state index is 0.0834. The molecule has 0 aliphatic carbocycles. The van der Waals surface area contributed by atoms with Gasteiger partial charge in [-0.3, -0.25) is 9.59 Å². The van der Waals surface area contributed by atoms with Crippen molar-refractivity contribution in [3.8, 4) is 0 Å². The zero-order chi connectivity index (χ0) is 15.2. The number of carbonyl (C=O) groups is 2. The Kier molecular flexibility index (Phi) is 5.09. The van der Waals surface area contributed by atoms with Gasteiger partial charge in [0.1, 0.15) is 5.71 Å². The molecule has 0 aromatic heterocycles. The van der Waals surface area contributed by atoms with Crippen molar-refractivity contribution >= 4 is 23.2 Å². The second-order valence-corrected chi connectivity index (χ2v) is 5.53. The first-order valence-corrected chi connectivity index (χ1v) is 7.31. The second-order valence-electron chi connectivity index (χ2n) is 5.53. The molecular weight excluding hydrogens is 266 g/mol. The van der Waals surface area contributed by atoms with E-state index in [1.54, 1.807) is 12.1 Å². The van der Waals surface area contributed by atoms with Crippen LogP contribution in [-0.2, 0) is 9.59 Å². The van der Waals surface area contributed by atoms with Crippen LogP contribution in [-0.4, -0.2) is 24.1 Å². The largest absolute Gasteiger partial charge is 0.351 e. The number of carbonyl (C=O) groups excluding carboxylic acids is 2. The van der Waals surface area contributed by atoms with E-state index in [2.05, 4.69) is 24.3 Å². The van der Waals surface area contributed by atoms with Crippen molar-refractivity contribution in [1.82, 2.24) is 5.32 Å². The van der Waals surface area contributed by atoms with Crippen LogP contribution in [0.5, 0.6) is 0 Å². The van der Waals surface area contributed by atoms with Gasteiger partial charge in [0.05, 0.1) is 5.69 Å². The number of para-hydroxylation sites is 1. The summed E-state index contributed by atoms with van der Waals surface area (Å²) >= 11 is 0. The van der Waals surface area contributed by atoms with E-state index >= 15 is 0 Å². The predicted molar refractivity (Wildman–Crippen MR) is 83.1 cm³/mol. The monoisotopic (exact) mass is 287 g/mol. The summed E-state index contributed by atoms with van der Waals surface area (Å²) in [5.41, 5.74) is 1.11. The lowest BCUT2D eigenvalue weighted by atomic mass is 10.1. The Morgan fingerprint density at radius 3 is 2.67 bits per heavy atom. The Morgan fingerprint density at radius 2 is 2.00 bits per heavy atom. The van der Waals surface area contributed by atoms with Crippen LogP contribution in [0.4, 0.5) is 5.69 Å². The lowest BCUT2D eigenvalue weighted by Gasteiger charge is -2.23. The van der Waals surface area contributed by atoms with Gasteiger partial charge in [0.25, 0.3) is 5.91 Å². The molecule has 0 radical (unpaired) electrons. The minimum Gasteiger partial charge on any atom is -0.351 e. The fourth-order valence-electron chi connectivity index (χ4n) is 2.06. The maximum absolute atomic E-state index is 12.1. The molecule has 5 nitrogen and oxygen atoms in total. The van der Waals surface area contributed by atoms with Gasteiger partial charge >= 0.3 is 0 Å². The number of anilines is 1. The molecule has 0 spiro atoms. The number of hydrogen-bond acceptors (Lipinski definition) is 3. The molecule has 1 N–H and O–H groups in total. The maximum atomic E-state index is 12.1. The first-order valence-electron chi connectivity index (χ1n) is 7.31. The van der Waals surface area contributed by atoms with Crippen molar-refractivity contribution in [1.29, 1.82) is 0 Å². The summed E-state index contributed by atoms with van der Waals surface area (Å²) in [6.07, 6.45) is 1.64. The van der Waals surface area contributed by atoms with Gasteiger partial charge in [-0.1, -0.05) is 32.0 Å². The third kappa shape index (κ3) is 4.15. The minimum atomic E-state index is -0.177. The molecular formula is C16H21N3O2. The molecule has 21 heavy (non-hydrogen) atoms. The van der Waals surface area contributed by atoms with Gasteiger partial charge in [0, 0.05) is 19.4 Å². The molecule has 0 saturated heterocycles. The zero-order valence-electron chi connectivity index (χ0n) is 12.5. The summed E-state index contributed by atoms with van der Waals surface area (Å²) in [7, 11) is 0. The van der Waals surface area contributed by atoms with Crippen LogP contribution in [0.25, 0.3) is 0 Å². The molecule has 0 saturated carbocycles. The van der Waals surface area contributed by atoms with Crippen molar-refractivity contribution in [2.24, 2.45) is 11.0 Å². The highest BCUT2D eigenvalue weighted by molar-refractivity contribution is 6.40. The summed E-state index contributed by atoms with van der Waals surface area (Å²) in [6.45, 7) is 4.86. The Morgan fingerprint density at radius 1 is 1.29 bits per heavy atom. The Hall–Kier alpha value is -2.17. The normalized spacial score (nSPS) is 15.1. The number of amides is 2. The number of hydrazone groups is 1. The maximum Gasteiger partial charge on any atom is 0.267 e. The Bertz CT molecular complexity index is 538. The van der Waals surface area contributed by atoms with Gasteiger partial charge in [-0.25, -0.2) is 5.01 Å². The van der Waals surface area contributed by atoms with Crippen molar-refractivity contribution < 1.29 is 9.59 Å². The van der Waals surface area contributed by atoms with Crippen LogP contribution in [0.1, 0.15) is 33.1 Å². The van der Waals surface area contributed by atoms with E-state index < -0.39 is 0 Å². The molecule has 1 aromatic carbocycles. The molecule has 5 heteroatoms. The van der Waals surface area contributed by atoms with Gasteiger partial charge in [-0.2, -0.15) is 5.10 Å². The number of benzene rings is 1. The summed E-state index contributed by atoms with van der Waals surface area (Å²) in [4.78, 5) is 24.0. The lowest BCUT2D eigenvalue weighted by Crippen LogP contribution is -2.39. The second kappa shape index (κ2) is 7.02. The first kappa shape index (κ1) is 15.2. The van der Waals surface area contributed by atoms with Crippen molar-refractivity contribution in [2.75, 3.05) is 11.6 Å². The predicted octanol–water partition coefficient (Wildman–Crippen LogP) is 2.33. The third-order valence-corrected chi connectivity index (χ3v) is 3.30. The van der Waals surface area contributed by atoms with Gasteiger partial charge in [-0.15, -0.1) is 0 Å². The average molecular weight is 287 g/mol. The van der Waals surface area contributed by atoms with Crippen LogP contribution >= 0.6 is 0 Å². The van der Waals surface area contributed by atoms with Crippen LogP contribution in [0.3, 0.4) is 0 Å². The van der Waals surface area contributed by atoms with E-state index in [4.69, 9.17) is 0 Å². The first-order chi connectivity index (χ1) is 10.1. The zero-order valence-corrected chi connectivity index (χ0v) is 12.5. The molecule has 1 aliphatic rings. The Labute approximate surface area is 125 Å². The third-order valence-electron chi connectivity index (χ3n) is 3.30. The standard InChI is InChI=1S/C16H21N3O2/c1-12(2)10-11-17-16(21)14-8-9-15(20)19(18-14)13-6-4-3-5-7-13/h3-7,12H,8-11H2,1-2H3,(H,17,21). The van der Waals surface area contributed by atoms with E-state index in [0.717, 1.165) is 6.42 Å². The number of hydrogen-bond donors (Lipinski definition) is 1. The smallest absolute Gasteiger partial charge is 0.267 e. The molecule has 1 aliphatic heterocycles. The fraction of sp³-hybridized carbons (Fsp3) is 0.438. The highest BCUT2D eigenvalue weighted by Gasteiger charge is 2.25. The van der Waals surface area contributed by atoms with Crippen LogP contribution < -0.4 is 10.3 Å². The number of nitrogens with zero attached hydrogens (tertiary/aromatic N) is 2. The molecule has 0 fully saturated rings. The molecule has 2 rings (SSSR count). The molecule has 1 heterocycles. The van der Waals surface area contributed by atoms with E-state index in [9.17, 15) is 9.59 Å². The lowest BCUT2D eigenvalue weighted by molar-refractivity contribution is -0.118. The van der Waals surface area contributed by atoms with Crippen molar-refractivity contribution in [2.45, 2.75) is 33.1 Å². The topological polar surface area (TPSA) is 61.8 Å². The van der Waals surface area contributed by atoms with Gasteiger partial charge < -0.3 is 5.32 Å². The summed E-state index contributed by atoms with van der Waals surface area (Å²) in [5.74, 6) is 0.282.